The first-order chi connectivity index (χ1) is 7.35. The molecule has 1 unspecified atom stereocenters. The maximum Gasteiger partial charge on any atom is 0.286 e. The fourth-order valence-electron chi connectivity index (χ4n) is 1.45. The molecule has 0 heterocycles. The Morgan fingerprint density at radius 1 is 1.07 bits per heavy atom. The lowest BCUT2D eigenvalue weighted by molar-refractivity contribution is 0.180. The highest BCUT2D eigenvalue weighted by Crippen LogP contribution is 2.15. The predicted octanol–water partition coefficient (Wildman–Crippen LogP) is 2.57. The van der Waals surface area contributed by atoms with Crippen molar-refractivity contribution in [3.05, 3.63) is 0 Å². The first-order valence-electron chi connectivity index (χ1n) is 5.36. The molecule has 0 aliphatic heterocycles. The fraction of sp³-hybridized carbons (Fsp3) is 0.818. The molecule has 0 aliphatic carbocycles. The van der Waals surface area contributed by atoms with Crippen molar-refractivity contribution >= 4 is 0 Å². The number of hydrogen-bond donors (Lipinski definition) is 0. The zero-order valence-electron chi connectivity index (χ0n) is 9.24. The summed E-state index contributed by atoms with van der Waals surface area (Å²) >= 11 is 0. The summed E-state index contributed by atoms with van der Waals surface area (Å²) in [6.45, 7) is 3.09. The average Bonchev–Trinajstić information content (AvgIpc) is 2.27. The minimum atomic E-state index is 0.409. The summed E-state index contributed by atoms with van der Waals surface area (Å²) in [7, 11) is 0. The number of nitriles is 2. The Labute approximate surface area is 91.4 Å². The van der Waals surface area contributed by atoms with Crippen molar-refractivity contribution < 1.29 is 9.47 Å². The van der Waals surface area contributed by atoms with Crippen molar-refractivity contribution in [2.45, 2.75) is 39.0 Å². The maximum absolute atomic E-state index is 8.31. The second-order valence-electron chi connectivity index (χ2n) is 3.49. The minimum absolute atomic E-state index is 0.409. The van der Waals surface area contributed by atoms with E-state index in [0.29, 0.717) is 19.1 Å². The van der Waals surface area contributed by atoms with Crippen molar-refractivity contribution in [2.75, 3.05) is 13.2 Å². The minimum Gasteiger partial charge on any atom is -0.428 e. The number of unbranched alkanes of at least 4 members (excludes halogenated alkanes) is 1. The molecule has 0 aliphatic rings. The van der Waals surface area contributed by atoms with E-state index in [-0.39, 0.29) is 0 Å². The van der Waals surface area contributed by atoms with Crippen LogP contribution < -0.4 is 0 Å². The van der Waals surface area contributed by atoms with E-state index in [1.165, 1.54) is 0 Å². The molecule has 0 radical (unpaired) electrons. The lowest BCUT2D eigenvalue weighted by Crippen LogP contribution is -2.09. The van der Waals surface area contributed by atoms with Gasteiger partial charge < -0.3 is 9.47 Å². The average molecular weight is 210 g/mol. The van der Waals surface area contributed by atoms with Gasteiger partial charge in [-0.15, -0.1) is 0 Å². The number of hydrogen-bond acceptors (Lipinski definition) is 4. The van der Waals surface area contributed by atoms with Gasteiger partial charge in [-0.2, -0.15) is 10.5 Å². The van der Waals surface area contributed by atoms with E-state index >= 15 is 0 Å². The van der Waals surface area contributed by atoms with Gasteiger partial charge in [0, 0.05) is 0 Å². The van der Waals surface area contributed by atoms with Gasteiger partial charge in [0.2, 0.25) is 0 Å². The van der Waals surface area contributed by atoms with Crippen LogP contribution >= 0.6 is 0 Å². The van der Waals surface area contributed by atoms with E-state index in [2.05, 4.69) is 11.7 Å². The van der Waals surface area contributed by atoms with Gasteiger partial charge in [0.05, 0.1) is 0 Å². The topological polar surface area (TPSA) is 66.0 Å². The van der Waals surface area contributed by atoms with E-state index in [1.54, 1.807) is 12.5 Å². The smallest absolute Gasteiger partial charge is 0.286 e. The molecule has 15 heavy (non-hydrogen) atoms. The molecule has 0 spiro atoms. The van der Waals surface area contributed by atoms with Gasteiger partial charge in [0.25, 0.3) is 12.5 Å². The zero-order valence-corrected chi connectivity index (χ0v) is 9.24. The maximum atomic E-state index is 8.31. The quantitative estimate of drug-likeness (QED) is 0.433. The monoisotopic (exact) mass is 210 g/mol. The SMILES string of the molecule is CCCCC(CCCOC#N)COC#N. The van der Waals surface area contributed by atoms with E-state index in [4.69, 9.17) is 15.3 Å². The first-order valence-corrected chi connectivity index (χ1v) is 5.36. The highest BCUT2D eigenvalue weighted by molar-refractivity contribution is 4.62. The van der Waals surface area contributed by atoms with Crippen molar-refractivity contribution in [1.29, 1.82) is 10.5 Å². The lowest BCUT2D eigenvalue weighted by Gasteiger charge is -2.13. The van der Waals surface area contributed by atoms with Gasteiger partial charge >= 0.3 is 0 Å². The molecule has 4 heteroatoms. The molecule has 0 N–H and O–H groups in total. The predicted molar refractivity (Wildman–Crippen MR) is 55.4 cm³/mol. The largest absolute Gasteiger partial charge is 0.428 e. The fourth-order valence-corrected chi connectivity index (χ4v) is 1.45. The van der Waals surface area contributed by atoms with Gasteiger partial charge in [0.15, 0.2) is 0 Å². The third-order valence-corrected chi connectivity index (χ3v) is 2.27. The lowest BCUT2D eigenvalue weighted by atomic mass is 9.98. The first kappa shape index (κ1) is 13.6. The van der Waals surface area contributed by atoms with Crippen LogP contribution in [0.2, 0.25) is 0 Å². The van der Waals surface area contributed by atoms with E-state index in [1.807, 2.05) is 0 Å². The molecule has 0 saturated carbocycles. The Hall–Kier alpha value is -1.42. The molecule has 0 bridgehead atoms. The van der Waals surface area contributed by atoms with Crippen LogP contribution in [0.3, 0.4) is 0 Å². The molecule has 0 rings (SSSR count). The third kappa shape index (κ3) is 8.90. The molecular formula is C11H18N2O2. The molecule has 0 aromatic carbocycles. The highest BCUT2D eigenvalue weighted by Gasteiger charge is 2.08. The van der Waals surface area contributed by atoms with Crippen molar-refractivity contribution in [2.24, 2.45) is 5.92 Å². The molecule has 0 aromatic rings. The summed E-state index contributed by atoms with van der Waals surface area (Å²) in [5.41, 5.74) is 0. The highest BCUT2D eigenvalue weighted by atomic mass is 16.5. The third-order valence-electron chi connectivity index (χ3n) is 2.27. The summed E-state index contributed by atoms with van der Waals surface area (Å²) in [6, 6.07) is 0. The van der Waals surface area contributed by atoms with Crippen molar-refractivity contribution in [3.63, 3.8) is 0 Å². The molecule has 0 saturated heterocycles. The molecule has 1 atom stereocenters. The Morgan fingerprint density at radius 2 is 1.73 bits per heavy atom. The Balaban J connectivity index is 3.60. The van der Waals surface area contributed by atoms with E-state index in [0.717, 1.165) is 32.1 Å². The summed E-state index contributed by atoms with van der Waals surface area (Å²) in [5, 5.41) is 16.5. The molecule has 0 fully saturated rings. The summed E-state index contributed by atoms with van der Waals surface area (Å²) in [4.78, 5) is 0. The van der Waals surface area contributed by atoms with Gasteiger partial charge in [-0.1, -0.05) is 19.8 Å². The van der Waals surface area contributed by atoms with Crippen LogP contribution in [-0.4, -0.2) is 13.2 Å². The van der Waals surface area contributed by atoms with Crippen LogP contribution in [0.15, 0.2) is 0 Å². The number of nitrogens with zero attached hydrogens (tertiary/aromatic N) is 2. The van der Waals surface area contributed by atoms with Crippen LogP contribution in [0, 0.1) is 29.0 Å². The molecule has 0 aromatic heterocycles. The molecule has 0 amide bonds. The van der Waals surface area contributed by atoms with Crippen molar-refractivity contribution in [1.82, 2.24) is 0 Å². The Morgan fingerprint density at radius 3 is 2.33 bits per heavy atom. The Bertz CT molecular complexity index is 218. The van der Waals surface area contributed by atoms with Crippen molar-refractivity contribution in [3.8, 4) is 12.5 Å². The summed E-state index contributed by atoms with van der Waals surface area (Å²) in [5.74, 6) is 0.409. The molecular weight excluding hydrogens is 192 g/mol. The van der Waals surface area contributed by atoms with Gasteiger partial charge in [-0.25, -0.2) is 0 Å². The zero-order chi connectivity index (χ0) is 11.4. The van der Waals surface area contributed by atoms with Crippen LogP contribution in [0.5, 0.6) is 0 Å². The van der Waals surface area contributed by atoms with E-state index in [9.17, 15) is 0 Å². The summed E-state index contributed by atoms with van der Waals surface area (Å²) in [6.07, 6.45) is 8.50. The normalized spacial score (nSPS) is 11.1. The van der Waals surface area contributed by atoms with Gasteiger partial charge in [-0.3, -0.25) is 0 Å². The van der Waals surface area contributed by atoms with Gasteiger partial charge in [0.1, 0.15) is 13.2 Å². The second-order valence-corrected chi connectivity index (χ2v) is 3.49. The van der Waals surface area contributed by atoms with Gasteiger partial charge in [-0.05, 0) is 25.2 Å². The standard InChI is InChI=1S/C11H18N2O2/c1-2-3-5-11(8-15-10-13)6-4-7-14-9-12/h11H,2-8H2,1H3. The van der Waals surface area contributed by atoms with Crippen LogP contribution in [-0.2, 0) is 9.47 Å². The Kier molecular flexibility index (Phi) is 9.65. The second kappa shape index (κ2) is 10.7. The van der Waals surface area contributed by atoms with Crippen LogP contribution in [0.4, 0.5) is 0 Å². The summed E-state index contributed by atoms with van der Waals surface area (Å²) < 4.78 is 9.34. The van der Waals surface area contributed by atoms with Crippen LogP contribution in [0.1, 0.15) is 39.0 Å². The number of rotatable bonds is 9. The van der Waals surface area contributed by atoms with Crippen LogP contribution in [0.25, 0.3) is 0 Å². The van der Waals surface area contributed by atoms with E-state index < -0.39 is 0 Å². The molecule has 84 valence electrons. The molecule has 4 nitrogen and oxygen atoms in total. The number of ether oxygens (including phenoxy) is 2.